The van der Waals surface area contributed by atoms with Gasteiger partial charge in [0.15, 0.2) is 0 Å². The van der Waals surface area contributed by atoms with Crippen LogP contribution in [0.15, 0.2) is 47.3 Å². The van der Waals surface area contributed by atoms with Crippen LogP contribution in [0.1, 0.15) is 29.8 Å². The Bertz CT molecular complexity index is 1270. The molecule has 1 atom stereocenters. The van der Waals surface area contributed by atoms with Gasteiger partial charge in [-0.15, -0.1) is 0 Å². The van der Waals surface area contributed by atoms with E-state index in [0.717, 1.165) is 38.8 Å². The van der Waals surface area contributed by atoms with Crippen molar-refractivity contribution in [3.05, 3.63) is 69.8 Å². The van der Waals surface area contributed by atoms with Crippen LogP contribution in [0.4, 0.5) is 0 Å². The molecule has 0 aliphatic heterocycles. The van der Waals surface area contributed by atoms with E-state index in [1.54, 1.807) is 7.11 Å². The number of pyridine rings is 2. The number of aromatic amines is 1. The van der Waals surface area contributed by atoms with E-state index >= 15 is 0 Å². The van der Waals surface area contributed by atoms with Crippen LogP contribution < -0.4 is 16.0 Å². The highest BCUT2D eigenvalue weighted by atomic mass is 16.5. The van der Waals surface area contributed by atoms with Crippen LogP contribution in [0, 0.1) is 13.8 Å². The van der Waals surface area contributed by atoms with Gasteiger partial charge in [0.25, 0.3) is 5.56 Å². The van der Waals surface area contributed by atoms with Crippen LogP contribution in [0.3, 0.4) is 0 Å². The van der Waals surface area contributed by atoms with Crippen molar-refractivity contribution >= 4 is 21.7 Å². The zero-order chi connectivity index (χ0) is 20.7. The predicted octanol–water partition coefficient (Wildman–Crippen LogP) is 4.43. The molecule has 5 heteroatoms. The number of fused-ring (bicyclic) bond motifs is 3. The first-order chi connectivity index (χ1) is 14.0. The molecule has 0 aliphatic rings. The number of rotatable bonds is 4. The number of aromatic nitrogens is 2. The fraction of sp³-hybridized carbons (Fsp3) is 0.250. The third kappa shape index (κ3) is 3.08. The lowest BCUT2D eigenvalue weighted by molar-refractivity contribution is 0.419. The van der Waals surface area contributed by atoms with Crippen LogP contribution in [-0.2, 0) is 0 Å². The molecule has 2 aromatic carbocycles. The minimum Gasteiger partial charge on any atom is -0.496 e. The van der Waals surface area contributed by atoms with E-state index < -0.39 is 0 Å². The monoisotopic (exact) mass is 387 g/mol. The molecule has 0 unspecified atom stereocenters. The lowest BCUT2D eigenvalue weighted by Gasteiger charge is -2.16. The molecule has 2 heterocycles. The summed E-state index contributed by atoms with van der Waals surface area (Å²) in [5.74, 6) is 0.871. The molecular weight excluding hydrogens is 362 g/mol. The zero-order valence-electron chi connectivity index (χ0n) is 17.2. The molecule has 0 radical (unpaired) electrons. The Morgan fingerprint density at radius 2 is 1.79 bits per heavy atom. The second-order valence-electron chi connectivity index (χ2n) is 7.50. The number of nitrogens with one attached hydrogen (secondary N) is 1. The summed E-state index contributed by atoms with van der Waals surface area (Å²) in [5.41, 5.74) is 11.4. The Labute approximate surface area is 169 Å². The van der Waals surface area contributed by atoms with Crippen LogP contribution in [0.5, 0.6) is 5.75 Å². The average molecular weight is 387 g/mol. The summed E-state index contributed by atoms with van der Waals surface area (Å²) in [6, 6.07) is 14.2. The minimum absolute atomic E-state index is 0.170. The molecule has 0 aliphatic carbocycles. The van der Waals surface area contributed by atoms with Crippen molar-refractivity contribution in [2.75, 3.05) is 13.7 Å². The molecule has 0 bridgehead atoms. The van der Waals surface area contributed by atoms with Crippen LogP contribution in [-0.4, -0.2) is 23.6 Å². The molecule has 148 valence electrons. The van der Waals surface area contributed by atoms with Crippen molar-refractivity contribution in [1.82, 2.24) is 9.97 Å². The summed E-state index contributed by atoms with van der Waals surface area (Å²) >= 11 is 0. The Hall–Kier alpha value is -3.18. The van der Waals surface area contributed by atoms with Gasteiger partial charge in [0.05, 0.1) is 23.7 Å². The number of nitrogens with two attached hydrogens (primary N) is 1. The van der Waals surface area contributed by atoms with E-state index in [2.05, 4.69) is 36.2 Å². The van der Waals surface area contributed by atoms with Gasteiger partial charge in [0, 0.05) is 22.0 Å². The maximum atomic E-state index is 12.8. The smallest absolute Gasteiger partial charge is 0.260 e. The van der Waals surface area contributed by atoms with Gasteiger partial charge in [-0.1, -0.05) is 43.3 Å². The van der Waals surface area contributed by atoms with Gasteiger partial charge in [-0.05, 0) is 43.5 Å². The summed E-state index contributed by atoms with van der Waals surface area (Å²) in [4.78, 5) is 20.6. The molecule has 5 nitrogen and oxygen atoms in total. The van der Waals surface area contributed by atoms with Gasteiger partial charge in [-0.25, -0.2) is 0 Å². The Morgan fingerprint density at radius 3 is 2.45 bits per heavy atom. The third-order valence-electron chi connectivity index (χ3n) is 5.66. The number of aryl methyl sites for hydroxylation is 2. The van der Waals surface area contributed by atoms with Crippen molar-refractivity contribution in [3.63, 3.8) is 0 Å². The second-order valence-corrected chi connectivity index (χ2v) is 7.50. The summed E-state index contributed by atoms with van der Waals surface area (Å²) in [7, 11) is 1.58. The first kappa shape index (κ1) is 19.2. The summed E-state index contributed by atoms with van der Waals surface area (Å²) in [6.45, 7) is 6.66. The Balaban J connectivity index is 2.12. The van der Waals surface area contributed by atoms with Gasteiger partial charge >= 0.3 is 0 Å². The zero-order valence-corrected chi connectivity index (χ0v) is 17.2. The lowest BCUT2D eigenvalue weighted by Crippen LogP contribution is -2.10. The Kier molecular flexibility index (Phi) is 4.84. The molecular formula is C24H25N3O2. The molecule has 4 aromatic rings. The van der Waals surface area contributed by atoms with Gasteiger partial charge < -0.3 is 15.5 Å². The van der Waals surface area contributed by atoms with Crippen molar-refractivity contribution in [2.45, 2.75) is 26.7 Å². The van der Waals surface area contributed by atoms with E-state index in [9.17, 15) is 4.79 Å². The highest BCUT2D eigenvalue weighted by Gasteiger charge is 2.18. The van der Waals surface area contributed by atoms with E-state index in [1.807, 2.05) is 32.0 Å². The number of nitrogens with zero attached hydrogens (tertiary/aromatic N) is 1. The van der Waals surface area contributed by atoms with E-state index in [4.69, 9.17) is 15.5 Å². The molecule has 4 rings (SSSR count). The van der Waals surface area contributed by atoms with Crippen molar-refractivity contribution in [1.29, 1.82) is 0 Å². The van der Waals surface area contributed by atoms with Gasteiger partial charge in [0.1, 0.15) is 5.75 Å². The lowest BCUT2D eigenvalue weighted by atomic mass is 9.92. The number of ether oxygens (including phenoxy) is 1. The first-order valence-electron chi connectivity index (χ1n) is 9.76. The van der Waals surface area contributed by atoms with Gasteiger partial charge in [-0.3, -0.25) is 9.78 Å². The highest BCUT2D eigenvalue weighted by molar-refractivity contribution is 6.14. The molecule has 29 heavy (non-hydrogen) atoms. The topological polar surface area (TPSA) is 81.0 Å². The maximum Gasteiger partial charge on any atom is 0.260 e. The minimum atomic E-state index is -0.170. The summed E-state index contributed by atoms with van der Waals surface area (Å²) in [6.07, 6.45) is 0. The Morgan fingerprint density at radius 1 is 1.07 bits per heavy atom. The van der Waals surface area contributed by atoms with Gasteiger partial charge in [0.2, 0.25) is 0 Å². The van der Waals surface area contributed by atoms with Gasteiger partial charge in [-0.2, -0.15) is 0 Å². The molecule has 0 saturated carbocycles. The van der Waals surface area contributed by atoms with Crippen molar-refractivity contribution in [2.24, 2.45) is 5.73 Å². The number of H-pyrrole nitrogens is 1. The number of methoxy groups -OCH3 is 1. The quantitative estimate of drug-likeness (QED) is 0.508. The maximum absolute atomic E-state index is 12.8. The fourth-order valence-corrected chi connectivity index (χ4v) is 4.06. The largest absolute Gasteiger partial charge is 0.496 e. The van der Waals surface area contributed by atoms with E-state index in [0.29, 0.717) is 23.6 Å². The SMILES string of the molecule is COc1cccc2c1c(=O)[nH]c1c(C)nc(C)c(-c3ccc([C@@H](C)CN)cc3)c12. The number of benzene rings is 2. The van der Waals surface area contributed by atoms with Crippen LogP contribution >= 0.6 is 0 Å². The molecule has 2 aromatic heterocycles. The molecule has 3 N–H and O–H groups in total. The standard InChI is InChI=1S/C24H25N3O2/c1-13(12-25)16-8-10-17(11-9-16)20-14(2)26-15(3)23-22(20)18-6-5-7-19(29-4)21(18)24(28)27-23/h5-11,13H,12,25H2,1-4H3,(H,27,28)/t13-/m0/s1. The summed E-state index contributed by atoms with van der Waals surface area (Å²) < 4.78 is 5.47. The van der Waals surface area contributed by atoms with E-state index in [-0.39, 0.29) is 5.56 Å². The van der Waals surface area contributed by atoms with Crippen LogP contribution in [0.2, 0.25) is 0 Å². The highest BCUT2D eigenvalue weighted by Crippen LogP contribution is 2.37. The molecule has 0 fully saturated rings. The fourth-order valence-electron chi connectivity index (χ4n) is 4.06. The molecule has 0 spiro atoms. The molecule has 0 amide bonds. The predicted molar refractivity (Wildman–Crippen MR) is 119 cm³/mol. The molecule has 0 saturated heterocycles. The number of hydrogen-bond donors (Lipinski definition) is 2. The van der Waals surface area contributed by atoms with Crippen molar-refractivity contribution < 1.29 is 4.74 Å². The average Bonchev–Trinajstić information content (AvgIpc) is 2.74. The normalized spacial score (nSPS) is 12.4. The third-order valence-corrected chi connectivity index (χ3v) is 5.66. The van der Waals surface area contributed by atoms with Crippen LogP contribution in [0.25, 0.3) is 32.8 Å². The summed E-state index contributed by atoms with van der Waals surface area (Å²) in [5, 5.41) is 2.41. The second kappa shape index (κ2) is 7.33. The first-order valence-corrected chi connectivity index (χ1v) is 9.76. The van der Waals surface area contributed by atoms with Crippen molar-refractivity contribution in [3.8, 4) is 16.9 Å². The van der Waals surface area contributed by atoms with E-state index in [1.165, 1.54) is 5.56 Å². The number of hydrogen-bond acceptors (Lipinski definition) is 4.